The highest BCUT2D eigenvalue weighted by Crippen LogP contribution is 2.28. The summed E-state index contributed by atoms with van der Waals surface area (Å²) >= 11 is 0. The SMILES string of the molecule is O=C(NCCCc1ccccc1)NCc1ccc(C(F)(F)F)cc1. The molecule has 3 nitrogen and oxygen atoms in total. The Morgan fingerprint density at radius 1 is 0.875 bits per heavy atom. The summed E-state index contributed by atoms with van der Waals surface area (Å²) in [6, 6.07) is 14.4. The zero-order chi connectivity index (χ0) is 17.4. The van der Waals surface area contributed by atoms with Gasteiger partial charge in [-0.2, -0.15) is 13.2 Å². The van der Waals surface area contributed by atoms with Gasteiger partial charge < -0.3 is 10.6 Å². The number of aryl methyl sites for hydroxylation is 1. The van der Waals surface area contributed by atoms with Crippen molar-refractivity contribution in [2.45, 2.75) is 25.6 Å². The van der Waals surface area contributed by atoms with Crippen LogP contribution in [0.2, 0.25) is 0 Å². The summed E-state index contributed by atoms with van der Waals surface area (Å²) < 4.78 is 37.3. The van der Waals surface area contributed by atoms with Gasteiger partial charge in [-0.3, -0.25) is 0 Å². The predicted molar refractivity (Wildman–Crippen MR) is 86.4 cm³/mol. The number of benzene rings is 2. The van der Waals surface area contributed by atoms with Crippen molar-refractivity contribution in [1.29, 1.82) is 0 Å². The van der Waals surface area contributed by atoms with Gasteiger partial charge in [-0.1, -0.05) is 42.5 Å². The lowest BCUT2D eigenvalue weighted by Gasteiger charge is -2.09. The molecule has 128 valence electrons. The Hall–Kier alpha value is -2.50. The molecule has 0 aromatic heterocycles. The molecule has 0 aliphatic heterocycles. The number of carbonyl (C=O) groups excluding carboxylic acids is 1. The van der Waals surface area contributed by atoms with Crippen molar-refractivity contribution in [2.24, 2.45) is 0 Å². The van der Waals surface area contributed by atoms with E-state index in [1.807, 2.05) is 30.3 Å². The molecule has 0 saturated heterocycles. The van der Waals surface area contributed by atoms with Gasteiger partial charge in [0.1, 0.15) is 0 Å². The van der Waals surface area contributed by atoms with Gasteiger partial charge in [0.15, 0.2) is 0 Å². The lowest BCUT2D eigenvalue weighted by Crippen LogP contribution is -2.35. The lowest BCUT2D eigenvalue weighted by atomic mass is 10.1. The summed E-state index contributed by atoms with van der Waals surface area (Å²) in [5.41, 5.74) is 1.13. The van der Waals surface area contributed by atoms with Crippen molar-refractivity contribution in [1.82, 2.24) is 10.6 Å². The fourth-order valence-electron chi connectivity index (χ4n) is 2.20. The first-order valence-electron chi connectivity index (χ1n) is 7.67. The average molecular weight is 336 g/mol. The summed E-state index contributed by atoms with van der Waals surface area (Å²) in [6.07, 6.45) is -2.65. The molecule has 0 bridgehead atoms. The Labute approximate surface area is 138 Å². The summed E-state index contributed by atoms with van der Waals surface area (Å²) in [4.78, 5) is 11.7. The molecule has 0 saturated carbocycles. The Bertz CT molecular complexity index is 640. The number of carbonyl (C=O) groups is 1. The van der Waals surface area contributed by atoms with Crippen molar-refractivity contribution < 1.29 is 18.0 Å². The van der Waals surface area contributed by atoms with Crippen LogP contribution >= 0.6 is 0 Å². The first-order chi connectivity index (χ1) is 11.4. The van der Waals surface area contributed by atoms with Crippen molar-refractivity contribution in [2.75, 3.05) is 6.54 Å². The summed E-state index contributed by atoms with van der Waals surface area (Å²) in [5.74, 6) is 0. The second kappa shape index (κ2) is 8.38. The molecule has 2 aromatic carbocycles. The number of halogens is 3. The second-order valence-electron chi connectivity index (χ2n) is 5.39. The van der Waals surface area contributed by atoms with E-state index in [0.29, 0.717) is 12.1 Å². The third kappa shape index (κ3) is 5.95. The molecule has 2 rings (SSSR count). The molecule has 0 aliphatic rings. The Morgan fingerprint density at radius 2 is 1.54 bits per heavy atom. The zero-order valence-electron chi connectivity index (χ0n) is 13.1. The maximum Gasteiger partial charge on any atom is 0.416 e. The first-order valence-corrected chi connectivity index (χ1v) is 7.67. The van der Waals surface area contributed by atoms with Crippen LogP contribution < -0.4 is 10.6 Å². The van der Waals surface area contributed by atoms with Gasteiger partial charge in [-0.15, -0.1) is 0 Å². The number of alkyl halides is 3. The van der Waals surface area contributed by atoms with Crippen molar-refractivity contribution >= 4 is 6.03 Å². The van der Waals surface area contributed by atoms with Gasteiger partial charge >= 0.3 is 12.2 Å². The number of amides is 2. The quantitative estimate of drug-likeness (QED) is 0.765. The van der Waals surface area contributed by atoms with Crippen LogP contribution in [0.5, 0.6) is 0 Å². The Morgan fingerprint density at radius 3 is 2.17 bits per heavy atom. The largest absolute Gasteiger partial charge is 0.416 e. The molecule has 0 atom stereocenters. The number of nitrogens with one attached hydrogen (secondary N) is 2. The molecule has 0 radical (unpaired) electrons. The van der Waals surface area contributed by atoms with E-state index in [-0.39, 0.29) is 12.6 Å². The van der Waals surface area contributed by atoms with Crippen molar-refractivity contribution in [3.8, 4) is 0 Å². The minimum atomic E-state index is -4.35. The monoisotopic (exact) mass is 336 g/mol. The zero-order valence-corrected chi connectivity index (χ0v) is 13.1. The van der Waals surface area contributed by atoms with E-state index in [0.717, 1.165) is 25.0 Å². The highest BCUT2D eigenvalue weighted by molar-refractivity contribution is 5.73. The molecule has 6 heteroatoms. The number of hydrogen-bond acceptors (Lipinski definition) is 1. The third-order valence-electron chi connectivity index (χ3n) is 3.50. The van der Waals surface area contributed by atoms with Gasteiger partial charge in [0.05, 0.1) is 5.56 Å². The van der Waals surface area contributed by atoms with Crippen LogP contribution in [-0.4, -0.2) is 12.6 Å². The lowest BCUT2D eigenvalue weighted by molar-refractivity contribution is -0.137. The second-order valence-corrected chi connectivity index (χ2v) is 5.39. The molecule has 2 N–H and O–H groups in total. The molecule has 2 amide bonds. The molecule has 2 aromatic rings. The molecular weight excluding hydrogens is 317 g/mol. The van der Waals surface area contributed by atoms with Crippen molar-refractivity contribution in [3.63, 3.8) is 0 Å². The van der Waals surface area contributed by atoms with E-state index in [9.17, 15) is 18.0 Å². The highest BCUT2D eigenvalue weighted by Gasteiger charge is 2.29. The standard InChI is InChI=1S/C18H19F3N2O/c19-18(20,21)16-10-8-15(9-11-16)13-23-17(24)22-12-4-7-14-5-2-1-3-6-14/h1-3,5-6,8-11H,4,7,12-13H2,(H2,22,23,24). The van der Waals surface area contributed by atoms with Crippen LogP contribution in [-0.2, 0) is 19.1 Å². The number of hydrogen-bond donors (Lipinski definition) is 2. The summed E-state index contributed by atoms with van der Waals surface area (Å²) in [5, 5.41) is 5.35. The Balaban J connectivity index is 1.66. The molecule has 0 heterocycles. The molecule has 24 heavy (non-hydrogen) atoms. The van der Waals surface area contributed by atoms with Gasteiger partial charge in [0.2, 0.25) is 0 Å². The minimum absolute atomic E-state index is 0.183. The minimum Gasteiger partial charge on any atom is -0.338 e. The van der Waals surface area contributed by atoms with Gasteiger partial charge in [0, 0.05) is 13.1 Å². The van der Waals surface area contributed by atoms with Gasteiger partial charge in [0.25, 0.3) is 0 Å². The molecule has 0 aliphatic carbocycles. The van der Waals surface area contributed by atoms with E-state index in [1.54, 1.807) is 0 Å². The van der Waals surface area contributed by atoms with Crippen LogP contribution in [0, 0.1) is 0 Å². The molecule has 0 spiro atoms. The maximum absolute atomic E-state index is 12.4. The van der Waals surface area contributed by atoms with E-state index in [1.165, 1.54) is 17.7 Å². The van der Waals surface area contributed by atoms with Gasteiger partial charge in [-0.25, -0.2) is 4.79 Å². The fraction of sp³-hybridized carbons (Fsp3) is 0.278. The van der Waals surface area contributed by atoms with E-state index >= 15 is 0 Å². The topological polar surface area (TPSA) is 41.1 Å². The van der Waals surface area contributed by atoms with Crippen LogP contribution in [0.25, 0.3) is 0 Å². The fourth-order valence-corrected chi connectivity index (χ4v) is 2.20. The molecular formula is C18H19F3N2O. The maximum atomic E-state index is 12.4. The Kier molecular flexibility index (Phi) is 6.23. The highest BCUT2D eigenvalue weighted by atomic mass is 19.4. The summed E-state index contributed by atoms with van der Waals surface area (Å²) in [6.45, 7) is 0.719. The number of urea groups is 1. The van der Waals surface area contributed by atoms with Crippen molar-refractivity contribution in [3.05, 3.63) is 71.3 Å². The third-order valence-corrected chi connectivity index (χ3v) is 3.50. The normalized spacial score (nSPS) is 11.1. The van der Waals surface area contributed by atoms with E-state index in [2.05, 4.69) is 10.6 Å². The number of rotatable bonds is 6. The van der Waals surface area contributed by atoms with Crippen LogP contribution in [0.15, 0.2) is 54.6 Å². The van der Waals surface area contributed by atoms with E-state index in [4.69, 9.17) is 0 Å². The van der Waals surface area contributed by atoms with Crippen LogP contribution in [0.1, 0.15) is 23.1 Å². The molecule has 0 unspecified atom stereocenters. The smallest absolute Gasteiger partial charge is 0.338 e. The first kappa shape index (κ1) is 17.8. The van der Waals surface area contributed by atoms with E-state index < -0.39 is 11.7 Å². The van der Waals surface area contributed by atoms with Gasteiger partial charge in [-0.05, 0) is 36.1 Å². The van der Waals surface area contributed by atoms with Crippen LogP contribution in [0.3, 0.4) is 0 Å². The average Bonchev–Trinajstić information content (AvgIpc) is 2.57. The van der Waals surface area contributed by atoms with Crippen LogP contribution in [0.4, 0.5) is 18.0 Å². The predicted octanol–water partition coefficient (Wildman–Crippen LogP) is 4.14. The molecule has 0 fully saturated rings. The summed E-state index contributed by atoms with van der Waals surface area (Å²) in [7, 11) is 0.